The first-order valence-electron chi connectivity index (χ1n) is 8.04. The molecule has 1 N–H and O–H groups in total. The van der Waals surface area contributed by atoms with Gasteiger partial charge in [-0.3, -0.25) is 0 Å². The lowest BCUT2D eigenvalue weighted by atomic mass is 9.87. The van der Waals surface area contributed by atoms with Gasteiger partial charge in [-0.1, -0.05) is 49.4 Å². The molecule has 3 atom stereocenters. The van der Waals surface area contributed by atoms with E-state index in [0.717, 1.165) is 12.1 Å². The maximum Gasteiger partial charge on any atom is 0.113 e. The summed E-state index contributed by atoms with van der Waals surface area (Å²) in [5.74, 6) is 0. The molecule has 0 spiro atoms. The molecule has 0 amide bonds. The van der Waals surface area contributed by atoms with Gasteiger partial charge in [0.1, 0.15) is 12.2 Å². The first-order valence-corrected chi connectivity index (χ1v) is 8.04. The van der Waals surface area contributed by atoms with Crippen LogP contribution in [0.5, 0.6) is 0 Å². The predicted octanol–water partition coefficient (Wildman–Crippen LogP) is 3.87. The van der Waals surface area contributed by atoms with Crippen molar-refractivity contribution in [3.63, 3.8) is 0 Å². The highest BCUT2D eigenvalue weighted by Gasteiger charge is 2.40. The highest BCUT2D eigenvalue weighted by molar-refractivity contribution is 5.58. The minimum absolute atomic E-state index is 0.0155. The third-order valence-electron chi connectivity index (χ3n) is 4.62. The predicted molar refractivity (Wildman–Crippen MR) is 87.1 cm³/mol. The lowest BCUT2D eigenvalue weighted by Gasteiger charge is -2.43. The molecule has 2 heterocycles. The van der Waals surface area contributed by atoms with Gasteiger partial charge in [0.15, 0.2) is 0 Å². The summed E-state index contributed by atoms with van der Waals surface area (Å²) in [7, 11) is 0. The molecule has 1 saturated heterocycles. The standard InChI is InChI=1S/C19H21NO2/c1-2-13-8-9-16-15(12-13)18-19(22-11-10-21-18)17(20-16)14-6-4-3-5-7-14/h3-9,12,17-20H,2,10-11H2,1H3. The van der Waals surface area contributed by atoms with Crippen molar-refractivity contribution in [2.45, 2.75) is 31.6 Å². The number of anilines is 1. The summed E-state index contributed by atoms with van der Waals surface area (Å²) in [5.41, 5.74) is 4.98. The Morgan fingerprint density at radius 1 is 1.05 bits per heavy atom. The minimum atomic E-state index is 0.0155. The van der Waals surface area contributed by atoms with E-state index >= 15 is 0 Å². The smallest absolute Gasteiger partial charge is 0.113 e. The number of nitrogens with one attached hydrogen (secondary N) is 1. The normalized spacial score (nSPS) is 26.7. The van der Waals surface area contributed by atoms with Crippen molar-refractivity contribution in [3.8, 4) is 0 Å². The van der Waals surface area contributed by atoms with Crippen LogP contribution in [0.1, 0.15) is 35.8 Å². The molecule has 0 aromatic heterocycles. The van der Waals surface area contributed by atoms with E-state index in [9.17, 15) is 0 Å². The SMILES string of the molecule is CCc1ccc2c(c1)C1OCCOC1C(c1ccccc1)N2. The van der Waals surface area contributed by atoms with Crippen molar-refractivity contribution < 1.29 is 9.47 Å². The van der Waals surface area contributed by atoms with Gasteiger partial charge in [0.25, 0.3) is 0 Å². The van der Waals surface area contributed by atoms with Crippen LogP contribution in [0, 0.1) is 0 Å². The molecule has 22 heavy (non-hydrogen) atoms. The molecule has 3 nitrogen and oxygen atoms in total. The van der Waals surface area contributed by atoms with E-state index in [1.165, 1.54) is 16.7 Å². The van der Waals surface area contributed by atoms with Gasteiger partial charge in [0.2, 0.25) is 0 Å². The second-order valence-corrected chi connectivity index (χ2v) is 5.93. The van der Waals surface area contributed by atoms with E-state index in [4.69, 9.17) is 9.47 Å². The van der Waals surface area contributed by atoms with Crippen LogP contribution in [0.25, 0.3) is 0 Å². The average Bonchev–Trinajstić information content (AvgIpc) is 2.61. The van der Waals surface area contributed by atoms with Crippen LogP contribution in [0.3, 0.4) is 0 Å². The van der Waals surface area contributed by atoms with Gasteiger partial charge >= 0.3 is 0 Å². The van der Waals surface area contributed by atoms with E-state index < -0.39 is 0 Å². The van der Waals surface area contributed by atoms with E-state index in [1.807, 2.05) is 6.07 Å². The van der Waals surface area contributed by atoms with E-state index in [0.29, 0.717) is 13.2 Å². The van der Waals surface area contributed by atoms with Gasteiger partial charge in [-0.2, -0.15) is 0 Å². The Labute approximate surface area is 131 Å². The van der Waals surface area contributed by atoms with Crippen LogP contribution in [0.4, 0.5) is 5.69 Å². The van der Waals surface area contributed by atoms with Crippen LogP contribution in [-0.2, 0) is 15.9 Å². The number of aryl methyl sites for hydroxylation is 1. The van der Waals surface area contributed by atoms with Crippen molar-refractivity contribution in [1.29, 1.82) is 0 Å². The fourth-order valence-corrected chi connectivity index (χ4v) is 3.46. The molecule has 1 fully saturated rings. The Kier molecular flexibility index (Phi) is 3.60. The van der Waals surface area contributed by atoms with Crippen molar-refractivity contribution in [3.05, 3.63) is 65.2 Å². The summed E-state index contributed by atoms with van der Waals surface area (Å²) in [6, 6.07) is 17.3. The Hall–Kier alpha value is -1.84. The zero-order valence-corrected chi connectivity index (χ0v) is 12.8. The minimum Gasteiger partial charge on any atom is -0.375 e. The third kappa shape index (κ3) is 2.31. The molecule has 0 radical (unpaired) electrons. The van der Waals surface area contributed by atoms with Crippen molar-refractivity contribution in [1.82, 2.24) is 0 Å². The lowest BCUT2D eigenvalue weighted by Crippen LogP contribution is -2.43. The lowest BCUT2D eigenvalue weighted by molar-refractivity contribution is -0.151. The largest absolute Gasteiger partial charge is 0.375 e. The van der Waals surface area contributed by atoms with Crippen LogP contribution >= 0.6 is 0 Å². The number of hydrogen-bond acceptors (Lipinski definition) is 3. The number of fused-ring (bicyclic) bond motifs is 3. The Morgan fingerprint density at radius 3 is 2.68 bits per heavy atom. The molecular weight excluding hydrogens is 274 g/mol. The molecule has 0 bridgehead atoms. The zero-order valence-electron chi connectivity index (χ0n) is 12.8. The molecular formula is C19H21NO2. The summed E-state index contributed by atoms with van der Waals surface area (Å²) in [6.07, 6.45) is 1.07. The van der Waals surface area contributed by atoms with Gasteiger partial charge in [-0.25, -0.2) is 0 Å². The van der Waals surface area contributed by atoms with E-state index in [1.54, 1.807) is 0 Å². The third-order valence-corrected chi connectivity index (χ3v) is 4.62. The average molecular weight is 295 g/mol. The Balaban J connectivity index is 1.77. The van der Waals surface area contributed by atoms with Crippen LogP contribution < -0.4 is 5.32 Å². The Bertz CT molecular complexity index is 656. The molecule has 0 aliphatic carbocycles. The highest BCUT2D eigenvalue weighted by Crippen LogP contribution is 2.44. The molecule has 3 unspecified atom stereocenters. The summed E-state index contributed by atoms with van der Waals surface area (Å²) in [5, 5.41) is 3.66. The fourth-order valence-electron chi connectivity index (χ4n) is 3.46. The van der Waals surface area contributed by atoms with Crippen LogP contribution in [0.15, 0.2) is 48.5 Å². The molecule has 4 rings (SSSR count). The van der Waals surface area contributed by atoms with Gasteiger partial charge in [0, 0.05) is 11.3 Å². The summed E-state index contributed by atoms with van der Waals surface area (Å²) in [4.78, 5) is 0. The van der Waals surface area contributed by atoms with Crippen LogP contribution in [0.2, 0.25) is 0 Å². The molecule has 114 valence electrons. The molecule has 3 heteroatoms. The van der Waals surface area contributed by atoms with Crippen molar-refractivity contribution in [2.75, 3.05) is 18.5 Å². The summed E-state index contributed by atoms with van der Waals surface area (Å²) < 4.78 is 12.2. The second-order valence-electron chi connectivity index (χ2n) is 5.93. The maximum atomic E-state index is 6.09. The highest BCUT2D eigenvalue weighted by atomic mass is 16.6. The number of rotatable bonds is 2. The topological polar surface area (TPSA) is 30.5 Å². The molecule has 2 aliphatic heterocycles. The van der Waals surface area contributed by atoms with E-state index in [2.05, 4.69) is 54.7 Å². The molecule has 0 saturated carbocycles. The summed E-state index contributed by atoms with van der Waals surface area (Å²) in [6.45, 7) is 3.51. The Morgan fingerprint density at radius 2 is 1.86 bits per heavy atom. The van der Waals surface area contributed by atoms with Gasteiger partial charge < -0.3 is 14.8 Å². The quantitative estimate of drug-likeness (QED) is 0.912. The maximum absolute atomic E-state index is 6.09. The fraction of sp³-hybridized carbons (Fsp3) is 0.368. The number of benzene rings is 2. The van der Waals surface area contributed by atoms with Crippen LogP contribution in [-0.4, -0.2) is 19.3 Å². The van der Waals surface area contributed by atoms with Gasteiger partial charge in [0.05, 0.1) is 19.3 Å². The monoisotopic (exact) mass is 295 g/mol. The zero-order chi connectivity index (χ0) is 14.9. The number of hydrogen-bond donors (Lipinski definition) is 1. The van der Waals surface area contributed by atoms with Gasteiger partial charge in [-0.15, -0.1) is 0 Å². The molecule has 2 aromatic carbocycles. The first-order chi connectivity index (χ1) is 10.9. The molecule has 2 aliphatic rings. The van der Waals surface area contributed by atoms with Crippen molar-refractivity contribution in [2.24, 2.45) is 0 Å². The number of ether oxygens (including phenoxy) is 2. The van der Waals surface area contributed by atoms with Crippen molar-refractivity contribution >= 4 is 5.69 Å². The summed E-state index contributed by atoms with van der Waals surface area (Å²) >= 11 is 0. The second kappa shape index (κ2) is 5.75. The molecule has 2 aromatic rings. The van der Waals surface area contributed by atoms with Gasteiger partial charge in [-0.05, 0) is 23.6 Å². The first kappa shape index (κ1) is 13.8. The van der Waals surface area contributed by atoms with E-state index in [-0.39, 0.29) is 18.2 Å².